The van der Waals surface area contributed by atoms with E-state index < -0.39 is 11.6 Å². The Kier molecular flexibility index (Phi) is 4.61. The van der Waals surface area contributed by atoms with E-state index in [1.165, 1.54) is 18.2 Å². The van der Waals surface area contributed by atoms with Crippen molar-refractivity contribution in [2.24, 2.45) is 0 Å². The third-order valence-corrected chi connectivity index (χ3v) is 4.94. The molecule has 2 aromatic heterocycles. The Labute approximate surface area is 156 Å². The summed E-state index contributed by atoms with van der Waals surface area (Å²) in [5, 5.41) is 3.46. The van der Waals surface area contributed by atoms with Crippen LogP contribution in [0.25, 0.3) is 17.1 Å². The van der Waals surface area contributed by atoms with Crippen LogP contribution in [0.15, 0.2) is 49.1 Å². The van der Waals surface area contributed by atoms with Crippen molar-refractivity contribution in [1.82, 2.24) is 19.9 Å². The lowest BCUT2D eigenvalue weighted by atomic mass is 10.1. The second-order valence-electron chi connectivity index (χ2n) is 6.89. The quantitative estimate of drug-likeness (QED) is 0.769. The van der Waals surface area contributed by atoms with Crippen molar-refractivity contribution in [1.29, 1.82) is 0 Å². The van der Waals surface area contributed by atoms with Gasteiger partial charge in [-0.3, -0.25) is 9.55 Å². The Morgan fingerprint density at radius 3 is 2.63 bits per heavy atom. The molecular formula is C20H21F2N5. The van der Waals surface area contributed by atoms with Gasteiger partial charge in [-0.05, 0) is 32.0 Å². The van der Waals surface area contributed by atoms with Gasteiger partial charge in [0.25, 0.3) is 0 Å². The van der Waals surface area contributed by atoms with Crippen LogP contribution in [0.3, 0.4) is 0 Å². The zero-order valence-corrected chi connectivity index (χ0v) is 15.2. The molecule has 1 saturated heterocycles. The first-order chi connectivity index (χ1) is 13.1. The summed E-state index contributed by atoms with van der Waals surface area (Å²) in [4.78, 5) is 10.8. The molecule has 2 atom stereocenters. The molecule has 0 bridgehead atoms. The molecule has 0 saturated carbocycles. The van der Waals surface area contributed by atoms with Crippen LogP contribution in [-0.2, 0) is 0 Å². The van der Waals surface area contributed by atoms with Crippen LogP contribution < -0.4 is 10.2 Å². The minimum atomic E-state index is -0.642. The molecule has 1 aromatic carbocycles. The number of halogens is 2. The van der Waals surface area contributed by atoms with Crippen molar-refractivity contribution >= 4 is 5.69 Å². The van der Waals surface area contributed by atoms with Crippen molar-refractivity contribution in [3.63, 3.8) is 0 Å². The van der Waals surface area contributed by atoms with E-state index in [-0.39, 0.29) is 17.4 Å². The Hall–Kier alpha value is -2.80. The van der Waals surface area contributed by atoms with E-state index in [0.717, 1.165) is 24.5 Å². The highest BCUT2D eigenvalue weighted by Crippen LogP contribution is 2.32. The summed E-state index contributed by atoms with van der Waals surface area (Å²) in [6, 6.07) is 6.38. The molecule has 27 heavy (non-hydrogen) atoms. The number of pyridine rings is 1. The highest BCUT2D eigenvalue weighted by Gasteiger charge is 2.26. The highest BCUT2D eigenvalue weighted by atomic mass is 19.1. The van der Waals surface area contributed by atoms with Gasteiger partial charge in [0.1, 0.15) is 11.6 Å². The molecule has 4 rings (SSSR count). The van der Waals surface area contributed by atoms with Crippen LogP contribution in [0.4, 0.5) is 14.5 Å². The van der Waals surface area contributed by atoms with Crippen molar-refractivity contribution in [3.05, 3.63) is 60.7 Å². The maximum Gasteiger partial charge on any atom is 0.150 e. The normalized spacial score (nSPS) is 20.1. The lowest BCUT2D eigenvalue weighted by Gasteiger charge is -2.40. The fraction of sp³-hybridized carbons (Fsp3) is 0.300. The van der Waals surface area contributed by atoms with Crippen LogP contribution in [-0.4, -0.2) is 39.7 Å². The summed E-state index contributed by atoms with van der Waals surface area (Å²) < 4.78 is 30.4. The number of nitrogens with zero attached hydrogens (tertiary/aromatic N) is 4. The first-order valence-electron chi connectivity index (χ1n) is 8.98. The topological polar surface area (TPSA) is 46.0 Å². The number of nitrogens with one attached hydrogen (secondary N) is 1. The lowest BCUT2D eigenvalue weighted by molar-refractivity contribution is 0.425. The molecule has 0 unspecified atom stereocenters. The number of hydrogen-bond donors (Lipinski definition) is 1. The predicted octanol–water partition coefficient (Wildman–Crippen LogP) is 3.40. The standard InChI is InChI=1S/C20H21F2N5/c1-13-12-27(14(2)10-25-13)17-6-7-23-11-18(17)26-9-8-24-20(26)19-15(21)4-3-5-16(19)22/h3-9,11,13-14,25H,10,12H2,1-2H3/t13-,14-/m0/s1. The van der Waals surface area contributed by atoms with Crippen LogP contribution in [0.1, 0.15) is 13.8 Å². The predicted molar refractivity (Wildman–Crippen MR) is 101 cm³/mol. The minimum Gasteiger partial charge on any atom is -0.364 e. The molecular weight excluding hydrogens is 348 g/mol. The Morgan fingerprint density at radius 2 is 1.85 bits per heavy atom. The van der Waals surface area contributed by atoms with E-state index in [0.29, 0.717) is 6.04 Å². The fourth-order valence-electron chi connectivity index (χ4n) is 3.56. The summed E-state index contributed by atoms with van der Waals surface area (Å²) in [6.45, 7) is 5.98. The molecule has 140 valence electrons. The number of hydrogen-bond acceptors (Lipinski definition) is 4. The first-order valence-corrected chi connectivity index (χ1v) is 8.98. The molecule has 1 fully saturated rings. The first kappa shape index (κ1) is 17.6. The van der Waals surface area contributed by atoms with Gasteiger partial charge in [-0.2, -0.15) is 0 Å². The summed E-state index contributed by atoms with van der Waals surface area (Å²) in [7, 11) is 0. The van der Waals surface area contributed by atoms with Gasteiger partial charge >= 0.3 is 0 Å². The summed E-state index contributed by atoms with van der Waals surface area (Å²) in [5.74, 6) is -1.07. The molecule has 1 aliphatic rings. The summed E-state index contributed by atoms with van der Waals surface area (Å²) in [5.41, 5.74) is 1.56. The maximum atomic E-state index is 14.4. The molecule has 0 amide bonds. The van der Waals surface area contributed by atoms with E-state index in [9.17, 15) is 8.78 Å². The summed E-state index contributed by atoms with van der Waals surface area (Å²) >= 11 is 0. The Bertz CT molecular complexity index is 935. The maximum absolute atomic E-state index is 14.4. The lowest BCUT2D eigenvalue weighted by Crippen LogP contribution is -2.54. The molecule has 5 nitrogen and oxygen atoms in total. The number of benzene rings is 1. The molecule has 1 aliphatic heterocycles. The highest BCUT2D eigenvalue weighted by molar-refractivity contribution is 5.68. The third-order valence-electron chi connectivity index (χ3n) is 4.94. The average molecular weight is 369 g/mol. The van der Waals surface area contributed by atoms with Gasteiger partial charge in [0.05, 0.1) is 23.1 Å². The van der Waals surface area contributed by atoms with Crippen molar-refractivity contribution < 1.29 is 8.78 Å². The SMILES string of the molecule is C[C@H]1CN(c2ccncc2-n2ccnc2-c2c(F)cccc2F)[C@@H](C)CN1. The average Bonchev–Trinajstić information content (AvgIpc) is 3.13. The largest absolute Gasteiger partial charge is 0.364 e. The molecule has 3 heterocycles. The zero-order valence-electron chi connectivity index (χ0n) is 15.2. The molecule has 3 aromatic rings. The number of aromatic nitrogens is 3. The number of rotatable bonds is 3. The second kappa shape index (κ2) is 7.08. The van der Waals surface area contributed by atoms with Crippen molar-refractivity contribution in [2.75, 3.05) is 18.0 Å². The third kappa shape index (κ3) is 3.19. The van der Waals surface area contributed by atoms with E-state index >= 15 is 0 Å². The van der Waals surface area contributed by atoms with E-state index in [4.69, 9.17) is 0 Å². The van der Waals surface area contributed by atoms with Gasteiger partial charge in [0.2, 0.25) is 0 Å². The second-order valence-corrected chi connectivity index (χ2v) is 6.89. The monoisotopic (exact) mass is 369 g/mol. The minimum absolute atomic E-state index is 0.140. The van der Waals surface area contributed by atoms with Crippen molar-refractivity contribution in [2.45, 2.75) is 25.9 Å². The van der Waals surface area contributed by atoms with Gasteiger partial charge in [-0.25, -0.2) is 13.8 Å². The van der Waals surface area contributed by atoms with Crippen LogP contribution in [0, 0.1) is 11.6 Å². The van der Waals surface area contributed by atoms with Gasteiger partial charge in [0.15, 0.2) is 5.82 Å². The van der Waals surface area contributed by atoms with E-state index in [1.807, 2.05) is 6.07 Å². The molecule has 0 radical (unpaired) electrons. The van der Waals surface area contributed by atoms with E-state index in [2.05, 4.69) is 34.0 Å². The van der Waals surface area contributed by atoms with Gasteiger partial charge < -0.3 is 10.2 Å². The number of anilines is 1. The van der Waals surface area contributed by atoms with Gasteiger partial charge in [0, 0.05) is 43.8 Å². The van der Waals surface area contributed by atoms with Gasteiger partial charge in [-0.15, -0.1) is 0 Å². The Morgan fingerprint density at radius 1 is 1.07 bits per heavy atom. The van der Waals surface area contributed by atoms with E-state index in [1.54, 1.807) is 29.4 Å². The fourth-order valence-corrected chi connectivity index (χ4v) is 3.56. The number of imidazole rings is 1. The van der Waals surface area contributed by atoms with Crippen LogP contribution >= 0.6 is 0 Å². The van der Waals surface area contributed by atoms with Crippen LogP contribution in [0.5, 0.6) is 0 Å². The summed E-state index contributed by atoms with van der Waals surface area (Å²) in [6.07, 6.45) is 6.69. The van der Waals surface area contributed by atoms with Gasteiger partial charge in [-0.1, -0.05) is 6.07 Å². The van der Waals surface area contributed by atoms with Crippen LogP contribution in [0.2, 0.25) is 0 Å². The molecule has 0 spiro atoms. The molecule has 1 N–H and O–H groups in total. The smallest absolute Gasteiger partial charge is 0.150 e. The molecule has 7 heteroatoms. The molecule has 0 aliphatic carbocycles. The number of piperazine rings is 1. The van der Waals surface area contributed by atoms with Crippen molar-refractivity contribution in [3.8, 4) is 17.1 Å². The Balaban J connectivity index is 1.84. The zero-order chi connectivity index (χ0) is 19.0.